The molecule has 0 saturated carbocycles. The van der Waals surface area contributed by atoms with Crippen molar-refractivity contribution in [3.63, 3.8) is 0 Å². The fraction of sp³-hybridized carbons (Fsp3) is 0.600. The smallest absolute Gasteiger partial charge is 0.356 e. The number of carbonyl (C=O) groups is 1. The lowest BCUT2D eigenvalue weighted by atomic mass is 9.98. The van der Waals surface area contributed by atoms with Crippen molar-refractivity contribution in [1.29, 1.82) is 0 Å². The molecular weight excluding hydrogens is 196 g/mol. The number of ether oxygens (including phenoxy) is 1. The minimum atomic E-state index is -1.00. The van der Waals surface area contributed by atoms with E-state index >= 15 is 0 Å². The normalized spacial score (nSPS) is 25.7. The van der Waals surface area contributed by atoms with E-state index in [0.717, 1.165) is 25.1 Å². The predicted octanol–water partition coefficient (Wildman–Crippen LogP) is 1.14. The third-order valence-electron chi connectivity index (χ3n) is 2.86. The van der Waals surface area contributed by atoms with Gasteiger partial charge >= 0.3 is 5.97 Å². The number of aryl methyl sites for hydroxylation is 1. The minimum Gasteiger partial charge on any atom is -0.476 e. The van der Waals surface area contributed by atoms with Crippen molar-refractivity contribution in [1.82, 2.24) is 9.78 Å². The van der Waals surface area contributed by atoms with Crippen LogP contribution in [0.2, 0.25) is 0 Å². The summed E-state index contributed by atoms with van der Waals surface area (Å²) in [6.07, 6.45) is 1.91. The van der Waals surface area contributed by atoms with E-state index in [2.05, 4.69) is 5.10 Å². The fourth-order valence-electron chi connectivity index (χ4n) is 2.05. The van der Waals surface area contributed by atoms with Gasteiger partial charge in [-0.3, -0.25) is 4.68 Å². The lowest BCUT2D eigenvalue weighted by Gasteiger charge is -2.22. The maximum atomic E-state index is 10.8. The minimum absolute atomic E-state index is 0.0734. The maximum absolute atomic E-state index is 10.8. The molecule has 1 aliphatic heterocycles. The summed E-state index contributed by atoms with van der Waals surface area (Å²) in [5, 5.41) is 12.8. The standard InChI is InChI=1S/C10H14N2O3/c1-10(4-3-5-15-10)8-6-7(9(13)14)11-12(8)2/h6H,3-5H2,1-2H3,(H,13,14). The van der Waals surface area contributed by atoms with Crippen LogP contribution in [-0.4, -0.2) is 27.5 Å². The zero-order valence-electron chi connectivity index (χ0n) is 8.86. The first-order valence-corrected chi connectivity index (χ1v) is 4.95. The van der Waals surface area contributed by atoms with Crippen LogP contribution in [0.3, 0.4) is 0 Å². The van der Waals surface area contributed by atoms with E-state index in [4.69, 9.17) is 9.84 Å². The predicted molar refractivity (Wildman–Crippen MR) is 52.7 cm³/mol. The molecule has 5 heteroatoms. The van der Waals surface area contributed by atoms with Crippen molar-refractivity contribution in [3.05, 3.63) is 17.5 Å². The van der Waals surface area contributed by atoms with Crippen molar-refractivity contribution in [2.75, 3.05) is 6.61 Å². The third kappa shape index (κ3) is 1.63. The number of carboxylic acids is 1. The Kier molecular flexibility index (Phi) is 2.26. The number of carboxylic acid groups (broad SMARTS) is 1. The van der Waals surface area contributed by atoms with Gasteiger partial charge in [-0.15, -0.1) is 0 Å². The van der Waals surface area contributed by atoms with Crippen molar-refractivity contribution in [3.8, 4) is 0 Å². The van der Waals surface area contributed by atoms with E-state index in [9.17, 15) is 4.79 Å². The van der Waals surface area contributed by atoms with Crippen LogP contribution in [-0.2, 0) is 17.4 Å². The SMILES string of the molecule is Cn1nc(C(=O)O)cc1C1(C)CCCO1. The average molecular weight is 210 g/mol. The second-order valence-corrected chi connectivity index (χ2v) is 4.03. The molecule has 1 aliphatic rings. The Morgan fingerprint density at radius 2 is 2.47 bits per heavy atom. The molecule has 15 heavy (non-hydrogen) atoms. The van der Waals surface area contributed by atoms with Crippen LogP contribution >= 0.6 is 0 Å². The summed E-state index contributed by atoms with van der Waals surface area (Å²) in [6, 6.07) is 1.59. The van der Waals surface area contributed by atoms with Gasteiger partial charge in [0.05, 0.1) is 5.69 Å². The van der Waals surface area contributed by atoms with Crippen molar-refractivity contribution < 1.29 is 14.6 Å². The number of hydrogen-bond acceptors (Lipinski definition) is 3. The molecule has 5 nitrogen and oxygen atoms in total. The number of rotatable bonds is 2. The highest BCUT2D eigenvalue weighted by Crippen LogP contribution is 2.35. The highest BCUT2D eigenvalue weighted by Gasteiger charge is 2.35. The van der Waals surface area contributed by atoms with Gasteiger partial charge in [-0.05, 0) is 25.8 Å². The molecule has 0 aromatic carbocycles. The topological polar surface area (TPSA) is 64.4 Å². The van der Waals surface area contributed by atoms with Crippen molar-refractivity contribution >= 4 is 5.97 Å². The molecule has 1 unspecified atom stereocenters. The highest BCUT2D eigenvalue weighted by atomic mass is 16.5. The zero-order chi connectivity index (χ0) is 11.1. The van der Waals surface area contributed by atoms with Gasteiger partial charge in [-0.25, -0.2) is 4.79 Å². The van der Waals surface area contributed by atoms with Gasteiger partial charge in [0.1, 0.15) is 5.60 Å². The molecule has 82 valence electrons. The van der Waals surface area contributed by atoms with E-state index in [-0.39, 0.29) is 11.3 Å². The Morgan fingerprint density at radius 1 is 1.73 bits per heavy atom. The Morgan fingerprint density at radius 3 is 2.93 bits per heavy atom. The molecule has 0 bridgehead atoms. The Bertz CT molecular complexity index is 391. The molecule has 1 N–H and O–H groups in total. The van der Waals surface area contributed by atoms with Crippen molar-refractivity contribution in [2.45, 2.75) is 25.4 Å². The van der Waals surface area contributed by atoms with E-state index in [0.29, 0.717) is 0 Å². The van der Waals surface area contributed by atoms with E-state index in [1.807, 2.05) is 6.92 Å². The van der Waals surface area contributed by atoms with E-state index in [1.54, 1.807) is 17.8 Å². The summed E-state index contributed by atoms with van der Waals surface area (Å²) in [7, 11) is 1.74. The second kappa shape index (κ2) is 3.34. The molecule has 0 aliphatic carbocycles. The molecule has 1 fully saturated rings. The number of nitrogens with zero attached hydrogens (tertiary/aromatic N) is 2. The molecule has 1 atom stereocenters. The molecule has 1 aromatic heterocycles. The van der Waals surface area contributed by atoms with Gasteiger partial charge < -0.3 is 9.84 Å². The molecule has 2 rings (SSSR count). The molecule has 0 radical (unpaired) electrons. The fourth-order valence-corrected chi connectivity index (χ4v) is 2.05. The van der Waals surface area contributed by atoms with Crippen LogP contribution in [0.5, 0.6) is 0 Å². The Hall–Kier alpha value is -1.36. The van der Waals surface area contributed by atoms with Gasteiger partial charge in [-0.2, -0.15) is 5.10 Å². The van der Waals surface area contributed by atoms with Crippen molar-refractivity contribution in [2.24, 2.45) is 7.05 Å². The number of aromatic nitrogens is 2. The summed E-state index contributed by atoms with van der Waals surface area (Å²) in [4.78, 5) is 10.8. The van der Waals surface area contributed by atoms with E-state index in [1.165, 1.54) is 0 Å². The monoisotopic (exact) mass is 210 g/mol. The van der Waals surface area contributed by atoms with Crippen LogP contribution in [0.4, 0.5) is 0 Å². The quantitative estimate of drug-likeness (QED) is 0.795. The second-order valence-electron chi connectivity index (χ2n) is 4.03. The van der Waals surface area contributed by atoms with Gasteiger partial charge in [-0.1, -0.05) is 0 Å². The lowest BCUT2D eigenvalue weighted by Crippen LogP contribution is -2.23. The zero-order valence-corrected chi connectivity index (χ0v) is 8.86. The third-order valence-corrected chi connectivity index (χ3v) is 2.86. The van der Waals surface area contributed by atoms with Crippen LogP contribution in [0.25, 0.3) is 0 Å². The van der Waals surface area contributed by atoms with Crippen LogP contribution in [0, 0.1) is 0 Å². The summed E-state index contributed by atoms with van der Waals surface area (Å²) < 4.78 is 7.24. The highest BCUT2D eigenvalue weighted by molar-refractivity contribution is 5.85. The molecular formula is C10H14N2O3. The van der Waals surface area contributed by atoms with Crippen LogP contribution in [0.15, 0.2) is 6.07 Å². The Balaban J connectivity index is 2.39. The first-order chi connectivity index (χ1) is 7.03. The summed E-state index contributed by atoms with van der Waals surface area (Å²) in [5.41, 5.74) is 0.525. The summed E-state index contributed by atoms with van der Waals surface area (Å²) >= 11 is 0. The van der Waals surface area contributed by atoms with Gasteiger partial charge in [0.2, 0.25) is 0 Å². The largest absolute Gasteiger partial charge is 0.476 e. The molecule has 2 heterocycles. The maximum Gasteiger partial charge on any atom is 0.356 e. The van der Waals surface area contributed by atoms with Crippen LogP contribution < -0.4 is 0 Å². The van der Waals surface area contributed by atoms with Crippen LogP contribution in [0.1, 0.15) is 35.9 Å². The first-order valence-electron chi connectivity index (χ1n) is 4.95. The Labute approximate surface area is 87.7 Å². The average Bonchev–Trinajstić information content (AvgIpc) is 2.73. The van der Waals surface area contributed by atoms with Gasteiger partial charge in [0, 0.05) is 13.7 Å². The molecule has 0 amide bonds. The molecule has 0 spiro atoms. The lowest BCUT2D eigenvalue weighted by molar-refractivity contribution is 0.0102. The summed E-state index contributed by atoms with van der Waals surface area (Å²) in [6.45, 7) is 2.70. The first kappa shape index (κ1) is 10.2. The van der Waals surface area contributed by atoms with Gasteiger partial charge in [0.25, 0.3) is 0 Å². The molecule has 1 saturated heterocycles. The van der Waals surface area contributed by atoms with Gasteiger partial charge in [0.15, 0.2) is 5.69 Å². The van der Waals surface area contributed by atoms with E-state index < -0.39 is 5.97 Å². The number of hydrogen-bond donors (Lipinski definition) is 1. The number of aromatic carboxylic acids is 1. The summed E-state index contributed by atoms with van der Waals surface area (Å²) in [5.74, 6) is -1.00. The molecule has 1 aromatic rings.